The van der Waals surface area contributed by atoms with Crippen LogP contribution in [0.4, 0.5) is 5.00 Å². The van der Waals surface area contributed by atoms with E-state index in [1.54, 1.807) is 13.8 Å². The van der Waals surface area contributed by atoms with Crippen molar-refractivity contribution in [1.82, 2.24) is 0 Å². The number of esters is 2. The van der Waals surface area contributed by atoms with Gasteiger partial charge < -0.3 is 14.8 Å². The van der Waals surface area contributed by atoms with Crippen molar-refractivity contribution in [3.05, 3.63) is 51.9 Å². The Labute approximate surface area is 156 Å². The summed E-state index contributed by atoms with van der Waals surface area (Å²) in [6.45, 7) is 3.52. The molecule has 0 saturated heterocycles. The van der Waals surface area contributed by atoms with E-state index in [0.29, 0.717) is 17.0 Å². The van der Waals surface area contributed by atoms with Gasteiger partial charge in [0.25, 0.3) is 0 Å². The first kappa shape index (κ1) is 19.7. The maximum atomic E-state index is 12.3. The fraction of sp³-hybridized carbons (Fsp3) is 0.316. The summed E-state index contributed by atoms with van der Waals surface area (Å²) in [5.41, 5.74) is 1.69. The molecule has 0 unspecified atom stereocenters. The van der Waals surface area contributed by atoms with Crippen LogP contribution in [0, 0.1) is 6.92 Å². The molecule has 1 heterocycles. The van der Waals surface area contributed by atoms with E-state index in [9.17, 15) is 14.4 Å². The number of nitrogens with one attached hydrogen (secondary N) is 1. The molecule has 138 valence electrons. The molecular formula is C19H21NO5S. The molecule has 0 fully saturated rings. The predicted molar refractivity (Wildman–Crippen MR) is 99.7 cm³/mol. The zero-order valence-electron chi connectivity index (χ0n) is 15.0. The zero-order valence-corrected chi connectivity index (χ0v) is 15.8. The van der Waals surface area contributed by atoms with Crippen molar-refractivity contribution in [2.24, 2.45) is 0 Å². The Balaban J connectivity index is 2.19. The van der Waals surface area contributed by atoms with Gasteiger partial charge in [-0.25, -0.2) is 9.59 Å². The van der Waals surface area contributed by atoms with Crippen LogP contribution in [0.3, 0.4) is 0 Å². The lowest BCUT2D eigenvalue weighted by Gasteiger charge is -2.07. The Morgan fingerprint density at radius 1 is 1.12 bits per heavy atom. The van der Waals surface area contributed by atoms with Crippen LogP contribution in [-0.2, 0) is 20.7 Å². The Morgan fingerprint density at radius 3 is 2.42 bits per heavy atom. The first-order valence-corrected chi connectivity index (χ1v) is 9.02. The van der Waals surface area contributed by atoms with Gasteiger partial charge in [-0.05, 0) is 31.4 Å². The summed E-state index contributed by atoms with van der Waals surface area (Å²) in [5, 5.41) is 3.04. The van der Waals surface area contributed by atoms with Crippen LogP contribution in [0.2, 0.25) is 0 Å². The molecule has 0 radical (unpaired) electrons. The van der Waals surface area contributed by atoms with Crippen molar-refractivity contribution in [3.8, 4) is 0 Å². The summed E-state index contributed by atoms with van der Waals surface area (Å²) in [6.07, 6.45) is 0.840. The minimum absolute atomic E-state index is 0.197. The molecule has 0 atom stereocenters. The third-order valence-corrected chi connectivity index (χ3v) is 4.92. The van der Waals surface area contributed by atoms with Crippen LogP contribution < -0.4 is 5.32 Å². The number of carbonyl (C=O) groups excluding carboxylic acids is 3. The number of hydrogen-bond donors (Lipinski definition) is 1. The minimum Gasteiger partial charge on any atom is -0.465 e. The number of carbonyl (C=O) groups is 3. The number of hydrogen-bond acceptors (Lipinski definition) is 6. The fourth-order valence-electron chi connectivity index (χ4n) is 2.43. The van der Waals surface area contributed by atoms with E-state index in [1.807, 2.05) is 30.3 Å². The van der Waals surface area contributed by atoms with Gasteiger partial charge in [0.1, 0.15) is 9.88 Å². The van der Waals surface area contributed by atoms with Gasteiger partial charge in [-0.15, -0.1) is 11.3 Å². The molecule has 0 aliphatic rings. The van der Waals surface area contributed by atoms with Crippen molar-refractivity contribution in [1.29, 1.82) is 0 Å². The average molecular weight is 375 g/mol. The second-order valence-electron chi connectivity index (χ2n) is 5.51. The summed E-state index contributed by atoms with van der Waals surface area (Å²) in [7, 11) is 1.27. The van der Waals surface area contributed by atoms with E-state index >= 15 is 0 Å². The average Bonchev–Trinajstić information content (AvgIpc) is 2.96. The Morgan fingerprint density at radius 2 is 1.81 bits per heavy atom. The smallest absolute Gasteiger partial charge is 0.348 e. The highest BCUT2D eigenvalue weighted by Gasteiger charge is 2.26. The SMILES string of the molecule is CCOC(=O)c1c(NC(=O)CCc2ccccc2)sc(C(=O)OC)c1C. The normalized spacial score (nSPS) is 10.3. The summed E-state index contributed by atoms with van der Waals surface area (Å²) in [5.74, 6) is -1.37. The molecule has 26 heavy (non-hydrogen) atoms. The lowest BCUT2D eigenvalue weighted by atomic mass is 10.1. The highest BCUT2D eigenvalue weighted by Crippen LogP contribution is 2.34. The van der Waals surface area contributed by atoms with Gasteiger partial charge in [-0.2, -0.15) is 0 Å². The molecule has 0 aliphatic carbocycles. The predicted octanol–water partition coefficient (Wildman–Crippen LogP) is 3.59. The first-order chi connectivity index (χ1) is 12.5. The first-order valence-electron chi connectivity index (χ1n) is 8.20. The lowest BCUT2D eigenvalue weighted by molar-refractivity contribution is -0.116. The molecule has 6 nitrogen and oxygen atoms in total. The van der Waals surface area contributed by atoms with Crippen molar-refractivity contribution in [2.75, 3.05) is 19.0 Å². The standard InChI is InChI=1S/C19H21NO5S/c1-4-25-18(22)15-12(2)16(19(23)24-3)26-17(15)20-14(21)11-10-13-8-6-5-7-9-13/h5-9H,4,10-11H2,1-3H3,(H,20,21). The van der Waals surface area contributed by atoms with Gasteiger partial charge >= 0.3 is 11.9 Å². The number of thiophene rings is 1. The second kappa shape index (κ2) is 9.15. The van der Waals surface area contributed by atoms with Gasteiger partial charge in [-0.3, -0.25) is 4.79 Å². The monoisotopic (exact) mass is 375 g/mol. The van der Waals surface area contributed by atoms with Crippen LogP contribution in [-0.4, -0.2) is 31.6 Å². The molecule has 1 aromatic carbocycles. The van der Waals surface area contributed by atoms with Crippen LogP contribution in [0.1, 0.15) is 44.5 Å². The molecule has 2 rings (SSSR count). The quantitative estimate of drug-likeness (QED) is 0.748. The Kier molecular flexibility index (Phi) is 6.91. The molecule has 1 N–H and O–H groups in total. The Hall–Kier alpha value is -2.67. The Bertz CT molecular complexity index is 798. The molecule has 0 aliphatic heterocycles. The van der Waals surface area contributed by atoms with E-state index in [-0.39, 0.29) is 29.4 Å². The summed E-state index contributed by atoms with van der Waals surface area (Å²) in [4.78, 5) is 36.7. The van der Waals surface area contributed by atoms with Crippen LogP contribution in [0.5, 0.6) is 0 Å². The maximum Gasteiger partial charge on any atom is 0.348 e. The summed E-state index contributed by atoms with van der Waals surface area (Å²) in [6, 6.07) is 9.64. The van der Waals surface area contributed by atoms with Gasteiger partial charge in [0.05, 0.1) is 19.3 Å². The number of anilines is 1. The van der Waals surface area contributed by atoms with Gasteiger partial charge in [0.15, 0.2) is 0 Å². The van der Waals surface area contributed by atoms with Gasteiger partial charge in [0, 0.05) is 6.42 Å². The van der Waals surface area contributed by atoms with Crippen LogP contribution in [0.25, 0.3) is 0 Å². The molecule has 1 amide bonds. The number of aryl methyl sites for hydroxylation is 1. The summed E-state index contributed by atoms with van der Waals surface area (Å²) < 4.78 is 9.79. The number of ether oxygens (including phenoxy) is 2. The third kappa shape index (κ3) is 4.70. The number of rotatable bonds is 7. The molecule has 0 spiro atoms. The molecule has 2 aromatic rings. The molecule has 0 saturated carbocycles. The van der Waals surface area contributed by atoms with Crippen LogP contribution >= 0.6 is 11.3 Å². The molecular weight excluding hydrogens is 354 g/mol. The van der Waals surface area contributed by atoms with Crippen LogP contribution in [0.15, 0.2) is 30.3 Å². The van der Waals surface area contributed by atoms with Gasteiger partial charge in [0.2, 0.25) is 5.91 Å². The molecule has 0 bridgehead atoms. The maximum absolute atomic E-state index is 12.3. The second-order valence-corrected chi connectivity index (χ2v) is 6.53. The largest absolute Gasteiger partial charge is 0.465 e. The van der Waals surface area contributed by atoms with E-state index < -0.39 is 11.9 Å². The van der Waals surface area contributed by atoms with Crippen molar-refractivity contribution in [2.45, 2.75) is 26.7 Å². The van der Waals surface area contributed by atoms with E-state index in [2.05, 4.69) is 5.32 Å². The summed E-state index contributed by atoms with van der Waals surface area (Å²) >= 11 is 1.02. The topological polar surface area (TPSA) is 81.7 Å². The van der Waals surface area contributed by atoms with Crippen molar-refractivity contribution >= 4 is 34.2 Å². The highest BCUT2D eigenvalue weighted by molar-refractivity contribution is 7.18. The van der Waals surface area contributed by atoms with Gasteiger partial charge in [-0.1, -0.05) is 30.3 Å². The third-order valence-electron chi connectivity index (χ3n) is 3.73. The van der Waals surface area contributed by atoms with E-state index in [0.717, 1.165) is 16.9 Å². The van der Waals surface area contributed by atoms with E-state index in [1.165, 1.54) is 7.11 Å². The molecule has 1 aromatic heterocycles. The number of methoxy groups -OCH3 is 1. The minimum atomic E-state index is -0.574. The number of amides is 1. The van der Waals surface area contributed by atoms with E-state index in [4.69, 9.17) is 9.47 Å². The van der Waals surface area contributed by atoms with Crippen molar-refractivity contribution < 1.29 is 23.9 Å². The molecule has 7 heteroatoms. The lowest BCUT2D eigenvalue weighted by Crippen LogP contribution is -2.15. The van der Waals surface area contributed by atoms with Crippen molar-refractivity contribution in [3.63, 3.8) is 0 Å². The fourth-order valence-corrected chi connectivity index (χ4v) is 3.56. The highest BCUT2D eigenvalue weighted by atomic mass is 32.1. The number of benzene rings is 1. The zero-order chi connectivity index (χ0) is 19.1.